The lowest BCUT2D eigenvalue weighted by atomic mass is 10.1. The zero-order valence-electron chi connectivity index (χ0n) is 8.14. The first-order chi connectivity index (χ1) is 6.56. The number of halogens is 2. The molecular weight excluding hydrogens is 206 g/mol. The SMILES string of the molecule is CCCc1cc(F)c(S(C)=O)cc1F. The van der Waals surface area contributed by atoms with Crippen molar-refractivity contribution < 1.29 is 13.0 Å². The van der Waals surface area contributed by atoms with Crippen molar-refractivity contribution in [2.45, 2.75) is 24.7 Å². The molecule has 0 bridgehead atoms. The van der Waals surface area contributed by atoms with E-state index in [0.29, 0.717) is 12.0 Å². The van der Waals surface area contributed by atoms with Gasteiger partial charge in [-0.1, -0.05) is 13.3 Å². The fraction of sp³-hybridized carbons (Fsp3) is 0.400. The summed E-state index contributed by atoms with van der Waals surface area (Å²) in [5.74, 6) is -1.06. The number of benzene rings is 1. The van der Waals surface area contributed by atoms with E-state index in [0.717, 1.165) is 18.6 Å². The van der Waals surface area contributed by atoms with E-state index in [4.69, 9.17) is 0 Å². The number of aryl methyl sites for hydroxylation is 1. The molecule has 0 N–H and O–H groups in total. The molecule has 0 aliphatic rings. The Kier molecular flexibility index (Phi) is 3.75. The molecule has 78 valence electrons. The van der Waals surface area contributed by atoms with Gasteiger partial charge in [-0.25, -0.2) is 8.78 Å². The Morgan fingerprint density at radius 3 is 2.43 bits per heavy atom. The minimum absolute atomic E-state index is 0.0673. The molecule has 1 nitrogen and oxygen atoms in total. The first-order valence-corrected chi connectivity index (χ1v) is 5.93. The van der Waals surface area contributed by atoms with Gasteiger partial charge >= 0.3 is 0 Å². The van der Waals surface area contributed by atoms with Gasteiger partial charge in [0.2, 0.25) is 0 Å². The fourth-order valence-electron chi connectivity index (χ4n) is 1.25. The van der Waals surface area contributed by atoms with Crippen molar-refractivity contribution in [1.29, 1.82) is 0 Å². The zero-order valence-corrected chi connectivity index (χ0v) is 8.96. The van der Waals surface area contributed by atoms with Crippen molar-refractivity contribution in [3.8, 4) is 0 Å². The van der Waals surface area contributed by atoms with Crippen LogP contribution in [-0.4, -0.2) is 10.5 Å². The van der Waals surface area contributed by atoms with Crippen LogP contribution in [0.3, 0.4) is 0 Å². The van der Waals surface area contributed by atoms with Gasteiger partial charge in [0, 0.05) is 6.26 Å². The Balaban J connectivity index is 3.17. The van der Waals surface area contributed by atoms with Gasteiger partial charge in [0.25, 0.3) is 0 Å². The van der Waals surface area contributed by atoms with Crippen LogP contribution in [0, 0.1) is 11.6 Å². The summed E-state index contributed by atoms with van der Waals surface area (Å²) in [6.07, 6.45) is 2.58. The Morgan fingerprint density at radius 1 is 1.29 bits per heavy atom. The second kappa shape index (κ2) is 4.64. The van der Waals surface area contributed by atoms with Gasteiger partial charge in [-0.3, -0.25) is 4.21 Å². The third-order valence-electron chi connectivity index (χ3n) is 1.93. The molecule has 0 aliphatic heterocycles. The molecule has 1 atom stereocenters. The Morgan fingerprint density at radius 2 is 1.93 bits per heavy atom. The molecule has 1 aromatic rings. The molecule has 0 spiro atoms. The number of hydrogen-bond donors (Lipinski definition) is 0. The van der Waals surface area contributed by atoms with Crippen LogP contribution in [0.5, 0.6) is 0 Å². The predicted octanol–water partition coefficient (Wildman–Crippen LogP) is 2.65. The topological polar surface area (TPSA) is 17.1 Å². The van der Waals surface area contributed by atoms with Gasteiger partial charge in [0.05, 0.1) is 15.7 Å². The third kappa shape index (κ3) is 2.38. The molecule has 0 aliphatic carbocycles. The Bertz CT molecular complexity index is 363. The van der Waals surface area contributed by atoms with Gasteiger partial charge in [-0.05, 0) is 24.1 Å². The van der Waals surface area contributed by atoms with Crippen molar-refractivity contribution in [2.24, 2.45) is 0 Å². The summed E-state index contributed by atoms with van der Waals surface area (Å²) >= 11 is 0. The van der Waals surface area contributed by atoms with E-state index in [1.54, 1.807) is 0 Å². The molecule has 0 saturated carbocycles. The first-order valence-electron chi connectivity index (χ1n) is 4.37. The molecule has 4 heteroatoms. The van der Waals surface area contributed by atoms with Crippen LogP contribution in [-0.2, 0) is 17.2 Å². The largest absolute Gasteiger partial charge is 0.255 e. The lowest BCUT2D eigenvalue weighted by Gasteiger charge is -2.04. The molecule has 0 heterocycles. The van der Waals surface area contributed by atoms with Crippen molar-refractivity contribution in [1.82, 2.24) is 0 Å². The predicted molar refractivity (Wildman–Crippen MR) is 52.7 cm³/mol. The summed E-state index contributed by atoms with van der Waals surface area (Å²) in [7, 11) is -1.48. The molecule has 0 radical (unpaired) electrons. The lowest BCUT2D eigenvalue weighted by Crippen LogP contribution is -1.98. The van der Waals surface area contributed by atoms with Crippen LogP contribution in [0.2, 0.25) is 0 Å². The Hall–Kier alpha value is -0.770. The highest BCUT2D eigenvalue weighted by Gasteiger charge is 2.11. The average molecular weight is 218 g/mol. The van der Waals surface area contributed by atoms with Gasteiger partial charge in [-0.15, -0.1) is 0 Å². The molecule has 0 saturated heterocycles. The third-order valence-corrected chi connectivity index (χ3v) is 2.86. The summed E-state index contributed by atoms with van der Waals surface area (Å²) in [5.41, 5.74) is 0.346. The highest BCUT2D eigenvalue weighted by Crippen LogP contribution is 2.18. The maximum Gasteiger partial charge on any atom is 0.139 e. The normalized spacial score (nSPS) is 12.9. The molecule has 1 rings (SSSR count). The van der Waals surface area contributed by atoms with Crippen molar-refractivity contribution >= 4 is 10.8 Å². The molecule has 0 fully saturated rings. The number of hydrogen-bond acceptors (Lipinski definition) is 1. The summed E-state index contributed by atoms with van der Waals surface area (Å²) in [6, 6.07) is 2.16. The van der Waals surface area contributed by atoms with E-state index in [2.05, 4.69) is 0 Å². The monoisotopic (exact) mass is 218 g/mol. The first kappa shape index (κ1) is 11.3. The standard InChI is InChI=1S/C10H12F2OS/c1-3-4-7-5-9(12)10(14(2)13)6-8(7)11/h5-6H,3-4H2,1-2H3. The molecular formula is C10H12F2OS. The Labute approximate surface area is 84.6 Å². The van der Waals surface area contributed by atoms with Gasteiger partial charge in [0.15, 0.2) is 0 Å². The minimum atomic E-state index is -1.48. The van der Waals surface area contributed by atoms with Gasteiger partial charge < -0.3 is 0 Å². The van der Waals surface area contributed by atoms with E-state index >= 15 is 0 Å². The maximum atomic E-state index is 13.3. The van der Waals surface area contributed by atoms with Crippen LogP contribution in [0.1, 0.15) is 18.9 Å². The second-order valence-corrected chi connectivity index (χ2v) is 4.43. The highest BCUT2D eigenvalue weighted by molar-refractivity contribution is 7.84. The van der Waals surface area contributed by atoms with Crippen molar-refractivity contribution in [3.63, 3.8) is 0 Å². The van der Waals surface area contributed by atoms with Crippen molar-refractivity contribution in [2.75, 3.05) is 6.26 Å². The fourth-order valence-corrected chi connectivity index (χ4v) is 1.85. The van der Waals surface area contributed by atoms with Crippen LogP contribution >= 0.6 is 0 Å². The number of rotatable bonds is 3. The summed E-state index contributed by atoms with van der Waals surface area (Å²) < 4.78 is 37.5. The summed E-state index contributed by atoms with van der Waals surface area (Å²) in [4.78, 5) is -0.0673. The van der Waals surface area contributed by atoms with Crippen LogP contribution < -0.4 is 0 Å². The average Bonchev–Trinajstić information content (AvgIpc) is 2.10. The van der Waals surface area contributed by atoms with Crippen LogP contribution in [0.25, 0.3) is 0 Å². The van der Waals surface area contributed by atoms with E-state index in [9.17, 15) is 13.0 Å². The summed E-state index contributed by atoms with van der Waals surface area (Å²) in [5, 5.41) is 0. The van der Waals surface area contributed by atoms with Crippen LogP contribution in [0.4, 0.5) is 8.78 Å². The molecule has 14 heavy (non-hydrogen) atoms. The lowest BCUT2D eigenvalue weighted by molar-refractivity contribution is 0.560. The van der Waals surface area contributed by atoms with E-state index < -0.39 is 22.4 Å². The molecule has 1 aromatic carbocycles. The van der Waals surface area contributed by atoms with Gasteiger partial charge in [-0.2, -0.15) is 0 Å². The van der Waals surface area contributed by atoms with Crippen molar-refractivity contribution in [3.05, 3.63) is 29.3 Å². The van der Waals surface area contributed by atoms with Gasteiger partial charge in [0.1, 0.15) is 11.6 Å². The van der Waals surface area contributed by atoms with E-state index in [-0.39, 0.29) is 4.90 Å². The van der Waals surface area contributed by atoms with E-state index in [1.165, 1.54) is 6.26 Å². The van der Waals surface area contributed by atoms with Crippen LogP contribution in [0.15, 0.2) is 17.0 Å². The second-order valence-electron chi connectivity index (χ2n) is 3.08. The summed E-state index contributed by atoms with van der Waals surface area (Å²) in [6.45, 7) is 1.89. The molecule has 1 unspecified atom stereocenters. The maximum absolute atomic E-state index is 13.3. The smallest absolute Gasteiger partial charge is 0.139 e. The highest BCUT2D eigenvalue weighted by atomic mass is 32.2. The molecule has 0 amide bonds. The minimum Gasteiger partial charge on any atom is -0.255 e. The molecule has 0 aromatic heterocycles. The zero-order chi connectivity index (χ0) is 10.7. The quantitative estimate of drug-likeness (QED) is 0.762. The van der Waals surface area contributed by atoms with E-state index in [1.807, 2.05) is 6.92 Å².